The second-order valence-corrected chi connectivity index (χ2v) is 6.54. The molecule has 0 aromatic carbocycles. The van der Waals surface area contributed by atoms with Crippen molar-refractivity contribution in [1.82, 2.24) is 14.7 Å². The summed E-state index contributed by atoms with van der Waals surface area (Å²) >= 11 is 0. The average molecular weight is 329 g/mol. The lowest BCUT2D eigenvalue weighted by Gasteiger charge is -2.24. The summed E-state index contributed by atoms with van der Waals surface area (Å²) in [5, 5.41) is 4.47. The largest absolute Gasteiger partial charge is 0.465 e. The third-order valence-corrected chi connectivity index (χ3v) is 4.56. The molecule has 0 amide bonds. The number of hydrogen-bond donors (Lipinski definition) is 0. The Bertz CT molecular complexity index is 668. The molecule has 130 valence electrons. The van der Waals surface area contributed by atoms with Crippen molar-refractivity contribution < 1.29 is 9.15 Å². The second kappa shape index (κ2) is 7.81. The van der Waals surface area contributed by atoms with Gasteiger partial charge in [-0.25, -0.2) is 0 Å². The third kappa shape index (κ3) is 4.16. The molecular weight excluding hydrogens is 302 g/mol. The average Bonchev–Trinajstić information content (AvgIpc) is 3.27. The van der Waals surface area contributed by atoms with Crippen LogP contribution in [0.25, 0.3) is 0 Å². The van der Waals surface area contributed by atoms with Gasteiger partial charge in [-0.3, -0.25) is 9.58 Å². The van der Waals surface area contributed by atoms with Crippen molar-refractivity contribution in [2.24, 2.45) is 0 Å². The van der Waals surface area contributed by atoms with E-state index in [0.29, 0.717) is 6.10 Å². The summed E-state index contributed by atoms with van der Waals surface area (Å²) in [5.74, 6) is 1.96. The number of nitrogens with zero attached hydrogens (tertiary/aromatic N) is 3. The highest BCUT2D eigenvalue weighted by atomic mass is 16.5. The molecule has 24 heavy (non-hydrogen) atoms. The van der Waals surface area contributed by atoms with E-state index in [9.17, 15) is 0 Å². The summed E-state index contributed by atoms with van der Waals surface area (Å²) < 4.78 is 13.6. The van der Waals surface area contributed by atoms with Crippen LogP contribution in [0.2, 0.25) is 0 Å². The van der Waals surface area contributed by atoms with Gasteiger partial charge in [-0.1, -0.05) is 6.08 Å². The predicted octanol–water partition coefficient (Wildman–Crippen LogP) is 3.46. The zero-order valence-electron chi connectivity index (χ0n) is 14.7. The molecule has 2 aromatic rings. The van der Waals surface area contributed by atoms with E-state index in [1.165, 1.54) is 11.3 Å². The highest BCUT2D eigenvalue weighted by molar-refractivity contribution is 5.17. The summed E-state index contributed by atoms with van der Waals surface area (Å²) in [6, 6.07) is 4.08. The number of ether oxygens (including phenoxy) is 1. The minimum atomic E-state index is 0.324. The minimum Gasteiger partial charge on any atom is -0.465 e. The van der Waals surface area contributed by atoms with Crippen LogP contribution in [-0.4, -0.2) is 33.9 Å². The third-order valence-electron chi connectivity index (χ3n) is 4.56. The Hall–Kier alpha value is -1.85. The van der Waals surface area contributed by atoms with Crippen LogP contribution in [0.4, 0.5) is 0 Å². The van der Waals surface area contributed by atoms with Gasteiger partial charge in [0.15, 0.2) is 0 Å². The molecule has 1 aliphatic heterocycles. The lowest BCUT2D eigenvalue weighted by molar-refractivity contribution is 0.0653. The number of furan rings is 1. The normalized spacial score (nSPS) is 17.7. The van der Waals surface area contributed by atoms with Gasteiger partial charge in [0.2, 0.25) is 0 Å². The molecule has 0 N–H and O–H groups in total. The Morgan fingerprint density at radius 2 is 2.25 bits per heavy atom. The number of aryl methyl sites for hydroxylation is 1. The number of aromatic nitrogens is 2. The zero-order chi connectivity index (χ0) is 16.9. The molecule has 0 bridgehead atoms. The van der Waals surface area contributed by atoms with E-state index in [0.717, 1.165) is 57.1 Å². The number of allylic oxidation sites excluding steroid dienone is 1. The number of rotatable bonds is 8. The molecule has 0 saturated carbocycles. The first-order valence-electron chi connectivity index (χ1n) is 8.67. The van der Waals surface area contributed by atoms with Gasteiger partial charge < -0.3 is 9.15 Å². The van der Waals surface area contributed by atoms with E-state index < -0.39 is 0 Å². The van der Waals surface area contributed by atoms with Crippen LogP contribution < -0.4 is 0 Å². The van der Waals surface area contributed by atoms with Crippen LogP contribution in [0.5, 0.6) is 0 Å². The molecule has 1 saturated heterocycles. The fourth-order valence-corrected chi connectivity index (χ4v) is 3.24. The van der Waals surface area contributed by atoms with Crippen LogP contribution in [0, 0.1) is 13.8 Å². The summed E-state index contributed by atoms with van der Waals surface area (Å²) in [4.78, 5) is 2.40. The van der Waals surface area contributed by atoms with E-state index in [-0.39, 0.29) is 0 Å². The van der Waals surface area contributed by atoms with Crippen LogP contribution >= 0.6 is 0 Å². The molecule has 0 spiro atoms. The van der Waals surface area contributed by atoms with Crippen molar-refractivity contribution in [1.29, 1.82) is 0 Å². The van der Waals surface area contributed by atoms with E-state index in [1.807, 2.05) is 29.9 Å². The van der Waals surface area contributed by atoms with Crippen LogP contribution in [0.3, 0.4) is 0 Å². The monoisotopic (exact) mass is 329 g/mol. The molecule has 3 heterocycles. The van der Waals surface area contributed by atoms with Crippen molar-refractivity contribution in [3.05, 3.63) is 53.8 Å². The maximum atomic E-state index is 5.83. The van der Waals surface area contributed by atoms with Crippen LogP contribution in [-0.2, 0) is 24.4 Å². The van der Waals surface area contributed by atoms with E-state index in [1.54, 1.807) is 0 Å². The second-order valence-electron chi connectivity index (χ2n) is 6.54. The maximum Gasteiger partial charge on any atom is 0.118 e. The summed E-state index contributed by atoms with van der Waals surface area (Å²) in [6.45, 7) is 12.1. The molecule has 5 nitrogen and oxygen atoms in total. The van der Waals surface area contributed by atoms with Crippen molar-refractivity contribution in [3.8, 4) is 0 Å². The zero-order valence-corrected chi connectivity index (χ0v) is 14.7. The molecule has 1 atom stereocenters. The van der Waals surface area contributed by atoms with Gasteiger partial charge in [0.25, 0.3) is 0 Å². The molecule has 1 aliphatic rings. The van der Waals surface area contributed by atoms with Crippen molar-refractivity contribution in [3.63, 3.8) is 0 Å². The topological polar surface area (TPSA) is 43.4 Å². The molecule has 0 radical (unpaired) electrons. The smallest absolute Gasteiger partial charge is 0.118 e. The number of hydrogen-bond acceptors (Lipinski definition) is 4. The maximum absolute atomic E-state index is 5.83. The molecule has 1 unspecified atom stereocenters. The first kappa shape index (κ1) is 17.0. The van der Waals surface area contributed by atoms with E-state index in [2.05, 4.69) is 29.6 Å². The van der Waals surface area contributed by atoms with E-state index in [4.69, 9.17) is 9.15 Å². The van der Waals surface area contributed by atoms with E-state index >= 15 is 0 Å². The van der Waals surface area contributed by atoms with Gasteiger partial charge in [0.05, 0.1) is 25.4 Å². The fourth-order valence-electron chi connectivity index (χ4n) is 3.24. The van der Waals surface area contributed by atoms with Gasteiger partial charge in [-0.15, -0.1) is 6.58 Å². The first-order chi connectivity index (χ1) is 11.7. The van der Waals surface area contributed by atoms with Gasteiger partial charge in [-0.2, -0.15) is 5.10 Å². The minimum absolute atomic E-state index is 0.324. The molecule has 0 aliphatic carbocycles. The Kier molecular flexibility index (Phi) is 5.53. The molecule has 5 heteroatoms. The van der Waals surface area contributed by atoms with Gasteiger partial charge >= 0.3 is 0 Å². The van der Waals surface area contributed by atoms with Crippen molar-refractivity contribution >= 4 is 0 Å². The summed E-state index contributed by atoms with van der Waals surface area (Å²) in [7, 11) is 0. The lowest BCUT2D eigenvalue weighted by Crippen LogP contribution is -2.31. The van der Waals surface area contributed by atoms with Crippen molar-refractivity contribution in [2.45, 2.75) is 52.4 Å². The van der Waals surface area contributed by atoms with Crippen LogP contribution in [0.15, 0.2) is 35.4 Å². The molecule has 2 aromatic heterocycles. The van der Waals surface area contributed by atoms with Gasteiger partial charge in [-0.05, 0) is 38.8 Å². The van der Waals surface area contributed by atoms with Crippen molar-refractivity contribution in [2.75, 3.05) is 13.2 Å². The predicted molar refractivity (Wildman–Crippen MR) is 93.7 cm³/mol. The van der Waals surface area contributed by atoms with Crippen LogP contribution in [0.1, 0.15) is 35.6 Å². The lowest BCUT2D eigenvalue weighted by atomic mass is 10.2. The first-order valence-corrected chi connectivity index (χ1v) is 8.67. The molecule has 1 fully saturated rings. The fraction of sp³-hybridized carbons (Fsp3) is 0.526. The summed E-state index contributed by atoms with van der Waals surface area (Å²) in [5.41, 5.74) is 2.45. The summed E-state index contributed by atoms with van der Waals surface area (Å²) in [6.07, 6.45) is 6.47. The Morgan fingerprint density at radius 1 is 1.38 bits per heavy atom. The van der Waals surface area contributed by atoms with Gasteiger partial charge in [0.1, 0.15) is 11.5 Å². The SMILES string of the molecule is C=CCn1ncc(CN(Cc2ccc(C)o2)CC2CCCO2)c1C. The van der Waals surface area contributed by atoms with Gasteiger partial charge in [0, 0.05) is 31.0 Å². The molecular formula is C19H27N3O2. The molecule has 3 rings (SSSR count). The quantitative estimate of drug-likeness (QED) is 0.696. The standard InChI is InChI=1S/C19H27N3O2/c1-4-9-22-16(3)17(11-20-22)12-21(13-18-6-5-10-23-18)14-19-8-7-15(2)24-19/h4,7-8,11,18H,1,5-6,9-10,12-14H2,2-3H3. The Balaban J connectivity index is 1.71. The highest BCUT2D eigenvalue weighted by Crippen LogP contribution is 2.19. The Labute approximate surface area is 143 Å². The Morgan fingerprint density at radius 3 is 2.92 bits per heavy atom. The highest BCUT2D eigenvalue weighted by Gasteiger charge is 2.21.